The van der Waals surface area contributed by atoms with E-state index < -0.39 is 23.0 Å². The molecule has 2 nitrogen and oxygen atoms in total. The SMILES string of the molecule is COC(=O)C(Cl)Cc1cc(Br)c(F)cc1F. The monoisotopic (exact) mass is 312 g/mol. The molecule has 1 unspecified atom stereocenters. The second-order valence-electron chi connectivity index (χ2n) is 3.05. The molecule has 6 heteroatoms. The van der Waals surface area contributed by atoms with Crippen molar-refractivity contribution in [1.29, 1.82) is 0 Å². The van der Waals surface area contributed by atoms with Crippen LogP contribution >= 0.6 is 27.5 Å². The molecule has 0 aromatic heterocycles. The number of hydrogen-bond acceptors (Lipinski definition) is 2. The number of hydrogen-bond donors (Lipinski definition) is 0. The first-order valence-electron chi connectivity index (χ1n) is 4.31. The average molecular weight is 314 g/mol. The van der Waals surface area contributed by atoms with Crippen LogP contribution in [-0.4, -0.2) is 18.5 Å². The number of halogens is 4. The normalized spacial score (nSPS) is 12.3. The molecule has 0 fully saturated rings. The lowest BCUT2D eigenvalue weighted by Crippen LogP contribution is -2.19. The van der Waals surface area contributed by atoms with Gasteiger partial charge in [0.25, 0.3) is 0 Å². The number of esters is 1. The number of ether oxygens (including phenoxy) is 1. The molecule has 1 rings (SSSR count). The molecule has 16 heavy (non-hydrogen) atoms. The molecule has 0 aliphatic rings. The fraction of sp³-hybridized carbons (Fsp3) is 0.300. The molecular weight excluding hydrogens is 305 g/mol. The molecule has 0 saturated carbocycles. The van der Waals surface area contributed by atoms with Gasteiger partial charge < -0.3 is 4.74 Å². The molecular formula is C10H8BrClF2O2. The summed E-state index contributed by atoms with van der Waals surface area (Å²) in [6.07, 6.45) is -0.0566. The molecule has 0 radical (unpaired) electrons. The highest BCUT2D eigenvalue weighted by Gasteiger charge is 2.19. The van der Waals surface area contributed by atoms with Gasteiger partial charge in [-0.2, -0.15) is 0 Å². The highest BCUT2D eigenvalue weighted by atomic mass is 79.9. The van der Waals surface area contributed by atoms with E-state index in [-0.39, 0.29) is 16.5 Å². The molecule has 0 spiro atoms. The summed E-state index contributed by atoms with van der Waals surface area (Å²) in [6.45, 7) is 0. The van der Waals surface area contributed by atoms with E-state index in [9.17, 15) is 13.6 Å². The molecule has 1 aromatic rings. The van der Waals surface area contributed by atoms with Crippen molar-refractivity contribution < 1.29 is 18.3 Å². The van der Waals surface area contributed by atoms with Crippen molar-refractivity contribution in [3.8, 4) is 0 Å². The van der Waals surface area contributed by atoms with E-state index in [2.05, 4.69) is 20.7 Å². The fourth-order valence-electron chi connectivity index (χ4n) is 1.12. The van der Waals surface area contributed by atoms with Crippen LogP contribution < -0.4 is 0 Å². The van der Waals surface area contributed by atoms with Gasteiger partial charge in [0.15, 0.2) is 0 Å². The van der Waals surface area contributed by atoms with Crippen LogP contribution in [0.25, 0.3) is 0 Å². The summed E-state index contributed by atoms with van der Waals surface area (Å²) in [5, 5.41) is -0.989. The standard InChI is InChI=1S/C10H8BrClF2O2/c1-16-10(15)7(12)3-5-2-6(11)9(14)4-8(5)13/h2,4,7H,3H2,1H3. The summed E-state index contributed by atoms with van der Waals surface area (Å²) in [5.74, 6) is -2.10. The first kappa shape index (κ1) is 13.4. The van der Waals surface area contributed by atoms with Crippen LogP contribution in [0.2, 0.25) is 0 Å². The van der Waals surface area contributed by atoms with E-state index in [0.717, 1.165) is 6.07 Å². The van der Waals surface area contributed by atoms with Gasteiger partial charge >= 0.3 is 5.97 Å². The van der Waals surface area contributed by atoms with E-state index >= 15 is 0 Å². The Labute approximate surface area is 105 Å². The summed E-state index contributed by atoms with van der Waals surface area (Å²) in [7, 11) is 1.19. The second kappa shape index (κ2) is 5.59. The number of methoxy groups -OCH3 is 1. The minimum Gasteiger partial charge on any atom is -0.468 e. The Hall–Kier alpha value is -0.680. The maximum atomic E-state index is 13.3. The van der Waals surface area contributed by atoms with Crippen molar-refractivity contribution in [1.82, 2.24) is 0 Å². The summed E-state index contributed by atoms with van der Waals surface area (Å²) < 4.78 is 30.7. The minimum atomic E-state index is -0.989. The molecule has 88 valence electrons. The van der Waals surface area contributed by atoms with Crippen LogP contribution in [0, 0.1) is 11.6 Å². The van der Waals surface area contributed by atoms with Crippen molar-refractivity contribution in [3.63, 3.8) is 0 Å². The average Bonchev–Trinajstić information content (AvgIpc) is 2.24. The van der Waals surface area contributed by atoms with Crippen molar-refractivity contribution in [2.75, 3.05) is 7.11 Å². The first-order valence-corrected chi connectivity index (χ1v) is 5.54. The van der Waals surface area contributed by atoms with Crippen LogP contribution in [0.15, 0.2) is 16.6 Å². The molecule has 0 bridgehead atoms. The van der Waals surface area contributed by atoms with Gasteiger partial charge in [-0.3, -0.25) is 4.79 Å². The van der Waals surface area contributed by atoms with Crippen LogP contribution in [0.4, 0.5) is 8.78 Å². The Morgan fingerprint density at radius 3 is 2.69 bits per heavy atom. The van der Waals surface area contributed by atoms with Gasteiger partial charge in [0.2, 0.25) is 0 Å². The van der Waals surface area contributed by atoms with Gasteiger partial charge in [0.05, 0.1) is 11.6 Å². The van der Waals surface area contributed by atoms with Gasteiger partial charge in [0, 0.05) is 12.5 Å². The van der Waals surface area contributed by atoms with Gasteiger partial charge in [-0.15, -0.1) is 11.6 Å². The topological polar surface area (TPSA) is 26.3 Å². The summed E-state index contributed by atoms with van der Waals surface area (Å²) in [5.41, 5.74) is 0.152. The second-order valence-corrected chi connectivity index (χ2v) is 4.43. The zero-order valence-electron chi connectivity index (χ0n) is 8.27. The van der Waals surface area contributed by atoms with Crippen LogP contribution in [0.1, 0.15) is 5.56 Å². The molecule has 0 N–H and O–H groups in total. The predicted octanol–water partition coefficient (Wildman–Crippen LogP) is 3.05. The van der Waals surface area contributed by atoms with Crippen molar-refractivity contribution in [2.45, 2.75) is 11.8 Å². The van der Waals surface area contributed by atoms with E-state index in [1.54, 1.807) is 0 Å². The number of benzene rings is 1. The predicted molar refractivity (Wildman–Crippen MR) is 59.4 cm³/mol. The smallest absolute Gasteiger partial charge is 0.324 e. The van der Waals surface area contributed by atoms with E-state index in [1.165, 1.54) is 13.2 Å². The number of alkyl halides is 1. The summed E-state index contributed by atoms with van der Waals surface area (Å²) >= 11 is 8.60. The molecule has 1 aromatic carbocycles. The molecule has 0 saturated heterocycles. The summed E-state index contributed by atoms with van der Waals surface area (Å²) in [4.78, 5) is 11.0. The molecule has 0 heterocycles. The lowest BCUT2D eigenvalue weighted by molar-refractivity contribution is -0.140. The molecule has 0 aliphatic heterocycles. The van der Waals surface area contributed by atoms with Crippen molar-refractivity contribution >= 4 is 33.5 Å². The van der Waals surface area contributed by atoms with Crippen LogP contribution in [-0.2, 0) is 16.0 Å². The largest absolute Gasteiger partial charge is 0.468 e. The summed E-state index contributed by atoms with van der Waals surface area (Å²) in [6, 6.07) is 1.99. The molecule has 0 aliphatic carbocycles. The van der Waals surface area contributed by atoms with Gasteiger partial charge in [0.1, 0.15) is 17.0 Å². The van der Waals surface area contributed by atoms with Crippen LogP contribution in [0.5, 0.6) is 0 Å². The first-order chi connectivity index (χ1) is 7.45. The van der Waals surface area contributed by atoms with Gasteiger partial charge in [-0.1, -0.05) is 0 Å². The van der Waals surface area contributed by atoms with Gasteiger partial charge in [-0.05, 0) is 27.6 Å². The maximum Gasteiger partial charge on any atom is 0.324 e. The van der Waals surface area contributed by atoms with E-state index in [4.69, 9.17) is 11.6 Å². The minimum absolute atomic E-state index is 0.0566. The lowest BCUT2D eigenvalue weighted by Gasteiger charge is -2.08. The molecule has 0 amide bonds. The van der Waals surface area contributed by atoms with E-state index in [0.29, 0.717) is 0 Å². The fourth-order valence-corrected chi connectivity index (χ4v) is 1.77. The number of carbonyl (C=O) groups is 1. The third-order valence-electron chi connectivity index (χ3n) is 1.95. The Morgan fingerprint density at radius 2 is 2.12 bits per heavy atom. The number of carbonyl (C=O) groups excluding carboxylic acids is 1. The Balaban J connectivity index is 2.89. The number of rotatable bonds is 3. The Morgan fingerprint density at radius 1 is 1.50 bits per heavy atom. The van der Waals surface area contributed by atoms with Gasteiger partial charge in [-0.25, -0.2) is 8.78 Å². The quantitative estimate of drug-likeness (QED) is 0.487. The van der Waals surface area contributed by atoms with Crippen LogP contribution in [0.3, 0.4) is 0 Å². The maximum absolute atomic E-state index is 13.3. The third kappa shape index (κ3) is 3.15. The highest BCUT2D eigenvalue weighted by Crippen LogP contribution is 2.22. The lowest BCUT2D eigenvalue weighted by atomic mass is 10.1. The van der Waals surface area contributed by atoms with Crippen molar-refractivity contribution in [3.05, 3.63) is 33.8 Å². The Kier molecular flexibility index (Phi) is 4.68. The van der Waals surface area contributed by atoms with E-state index in [1.807, 2.05) is 0 Å². The molecule has 1 atom stereocenters. The third-order valence-corrected chi connectivity index (χ3v) is 2.89. The van der Waals surface area contributed by atoms with Crippen molar-refractivity contribution in [2.24, 2.45) is 0 Å². The zero-order valence-corrected chi connectivity index (χ0v) is 10.6. The zero-order chi connectivity index (χ0) is 12.3. The Bertz CT molecular complexity index is 412. The highest BCUT2D eigenvalue weighted by molar-refractivity contribution is 9.10.